The first-order valence-electron chi connectivity index (χ1n) is 6.53. The molecular weight excluding hydrogens is 240 g/mol. The van der Waals surface area contributed by atoms with Gasteiger partial charge in [-0.3, -0.25) is 0 Å². The SMILES string of the molecule is C=CCc1cc(C=NN)cc(OCC)c1OCCC. The van der Waals surface area contributed by atoms with Crippen LogP contribution in [0.15, 0.2) is 29.9 Å². The van der Waals surface area contributed by atoms with Crippen LogP contribution in [0.25, 0.3) is 0 Å². The normalized spacial score (nSPS) is 10.6. The number of allylic oxidation sites excluding steroid dienone is 1. The van der Waals surface area contributed by atoms with E-state index in [1.807, 2.05) is 25.1 Å². The van der Waals surface area contributed by atoms with Crippen molar-refractivity contribution in [3.8, 4) is 11.5 Å². The molecule has 0 aliphatic rings. The molecule has 104 valence electrons. The summed E-state index contributed by atoms with van der Waals surface area (Å²) in [6, 6.07) is 3.88. The molecule has 0 amide bonds. The van der Waals surface area contributed by atoms with Crippen molar-refractivity contribution in [2.24, 2.45) is 10.9 Å². The van der Waals surface area contributed by atoms with Crippen LogP contribution in [0.4, 0.5) is 0 Å². The molecule has 0 unspecified atom stereocenters. The molecule has 0 aliphatic carbocycles. The second-order valence-electron chi connectivity index (χ2n) is 4.06. The minimum Gasteiger partial charge on any atom is -0.490 e. The zero-order valence-corrected chi connectivity index (χ0v) is 11.7. The Labute approximate surface area is 114 Å². The summed E-state index contributed by atoms with van der Waals surface area (Å²) in [4.78, 5) is 0. The first-order chi connectivity index (χ1) is 9.26. The Bertz CT molecular complexity index is 442. The fourth-order valence-corrected chi connectivity index (χ4v) is 1.78. The van der Waals surface area contributed by atoms with Crippen molar-refractivity contribution in [1.29, 1.82) is 0 Å². The van der Waals surface area contributed by atoms with Gasteiger partial charge >= 0.3 is 0 Å². The van der Waals surface area contributed by atoms with Crippen molar-refractivity contribution in [3.05, 3.63) is 35.9 Å². The van der Waals surface area contributed by atoms with Crippen LogP contribution in [-0.2, 0) is 6.42 Å². The largest absolute Gasteiger partial charge is 0.490 e. The Kier molecular flexibility index (Phi) is 6.50. The van der Waals surface area contributed by atoms with Crippen molar-refractivity contribution >= 4 is 6.21 Å². The predicted octanol–water partition coefficient (Wildman–Crippen LogP) is 2.90. The second-order valence-corrected chi connectivity index (χ2v) is 4.06. The molecule has 0 radical (unpaired) electrons. The van der Waals surface area contributed by atoms with Gasteiger partial charge in [0.1, 0.15) is 0 Å². The van der Waals surface area contributed by atoms with Crippen LogP contribution in [0.3, 0.4) is 0 Å². The molecule has 4 heteroatoms. The average molecular weight is 262 g/mol. The van der Waals surface area contributed by atoms with Crippen LogP contribution in [-0.4, -0.2) is 19.4 Å². The molecule has 0 spiro atoms. The Balaban J connectivity index is 3.23. The van der Waals surface area contributed by atoms with Crippen LogP contribution in [0.2, 0.25) is 0 Å². The van der Waals surface area contributed by atoms with Gasteiger partial charge in [-0.1, -0.05) is 13.0 Å². The molecule has 0 aromatic heterocycles. The van der Waals surface area contributed by atoms with E-state index in [9.17, 15) is 0 Å². The topological polar surface area (TPSA) is 56.8 Å². The summed E-state index contributed by atoms with van der Waals surface area (Å²) in [5, 5.41) is 3.55. The minimum absolute atomic E-state index is 0.583. The summed E-state index contributed by atoms with van der Waals surface area (Å²) in [5.74, 6) is 6.72. The maximum atomic E-state index is 5.81. The summed E-state index contributed by atoms with van der Waals surface area (Å²) in [7, 11) is 0. The van der Waals surface area contributed by atoms with Gasteiger partial charge < -0.3 is 15.3 Å². The number of hydrogen-bond donors (Lipinski definition) is 1. The lowest BCUT2D eigenvalue weighted by Crippen LogP contribution is -2.04. The Hall–Kier alpha value is -1.97. The van der Waals surface area contributed by atoms with E-state index >= 15 is 0 Å². The quantitative estimate of drug-likeness (QED) is 0.339. The molecular formula is C15H22N2O2. The maximum Gasteiger partial charge on any atom is 0.164 e. The van der Waals surface area contributed by atoms with E-state index in [-0.39, 0.29) is 0 Å². The van der Waals surface area contributed by atoms with E-state index < -0.39 is 0 Å². The highest BCUT2D eigenvalue weighted by Crippen LogP contribution is 2.33. The molecule has 0 aliphatic heterocycles. The molecule has 1 aromatic carbocycles. The van der Waals surface area contributed by atoms with E-state index in [0.29, 0.717) is 19.6 Å². The van der Waals surface area contributed by atoms with Gasteiger partial charge in [0.2, 0.25) is 0 Å². The maximum absolute atomic E-state index is 5.81. The van der Waals surface area contributed by atoms with Crippen molar-refractivity contribution in [2.45, 2.75) is 26.7 Å². The van der Waals surface area contributed by atoms with Gasteiger partial charge in [0.15, 0.2) is 11.5 Å². The smallest absolute Gasteiger partial charge is 0.164 e. The third-order valence-electron chi connectivity index (χ3n) is 2.49. The molecule has 0 fully saturated rings. The third-order valence-corrected chi connectivity index (χ3v) is 2.49. The summed E-state index contributed by atoms with van der Waals surface area (Å²) < 4.78 is 11.5. The number of hydrazone groups is 1. The summed E-state index contributed by atoms with van der Waals surface area (Å²) in [6.45, 7) is 9.04. The first kappa shape index (κ1) is 15.1. The average Bonchev–Trinajstić information content (AvgIpc) is 2.39. The van der Waals surface area contributed by atoms with E-state index in [1.54, 1.807) is 6.21 Å². The van der Waals surface area contributed by atoms with Crippen LogP contribution < -0.4 is 15.3 Å². The Morgan fingerprint density at radius 2 is 2.11 bits per heavy atom. The fraction of sp³-hybridized carbons (Fsp3) is 0.400. The molecule has 19 heavy (non-hydrogen) atoms. The van der Waals surface area contributed by atoms with Gasteiger partial charge in [-0.2, -0.15) is 5.10 Å². The number of ether oxygens (including phenoxy) is 2. The highest BCUT2D eigenvalue weighted by Gasteiger charge is 2.12. The Morgan fingerprint density at radius 1 is 1.32 bits per heavy atom. The monoisotopic (exact) mass is 262 g/mol. The number of nitrogens with zero attached hydrogens (tertiary/aromatic N) is 1. The lowest BCUT2D eigenvalue weighted by Gasteiger charge is -2.16. The van der Waals surface area contributed by atoms with Crippen molar-refractivity contribution in [2.75, 3.05) is 13.2 Å². The molecule has 0 atom stereocenters. The zero-order chi connectivity index (χ0) is 14.1. The van der Waals surface area contributed by atoms with Crippen LogP contribution in [0, 0.1) is 0 Å². The third kappa shape index (κ3) is 4.32. The zero-order valence-electron chi connectivity index (χ0n) is 11.7. The van der Waals surface area contributed by atoms with Crippen LogP contribution in [0.1, 0.15) is 31.4 Å². The summed E-state index contributed by atoms with van der Waals surface area (Å²) in [5.41, 5.74) is 1.93. The van der Waals surface area contributed by atoms with Gasteiger partial charge in [0.05, 0.1) is 19.4 Å². The van der Waals surface area contributed by atoms with Gasteiger partial charge in [-0.05, 0) is 37.5 Å². The predicted molar refractivity (Wildman–Crippen MR) is 79.1 cm³/mol. The number of benzene rings is 1. The first-order valence-corrected chi connectivity index (χ1v) is 6.53. The second kappa shape index (κ2) is 8.19. The van der Waals surface area contributed by atoms with E-state index in [2.05, 4.69) is 18.6 Å². The van der Waals surface area contributed by atoms with Crippen LogP contribution in [0.5, 0.6) is 11.5 Å². The summed E-state index contributed by atoms with van der Waals surface area (Å²) >= 11 is 0. The highest BCUT2D eigenvalue weighted by atomic mass is 16.5. The van der Waals surface area contributed by atoms with Crippen LogP contribution >= 0.6 is 0 Å². The molecule has 0 saturated heterocycles. The molecule has 1 rings (SSSR count). The van der Waals surface area contributed by atoms with Crippen molar-refractivity contribution in [1.82, 2.24) is 0 Å². The van der Waals surface area contributed by atoms with Gasteiger partial charge in [-0.25, -0.2) is 0 Å². The lowest BCUT2D eigenvalue weighted by molar-refractivity contribution is 0.275. The van der Waals surface area contributed by atoms with E-state index in [1.165, 1.54) is 0 Å². The van der Waals surface area contributed by atoms with Crippen molar-refractivity contribution < 1.29 is 9.47 Å². The molecule has 0 bridgehead atoms. The van der Waals surface area contributed by atoms with E-state index in [4.69, 9.17) is 15.3 Å². The summed E-state index contributed by atoms with van der Waals surface area (Å²) in [6.07, 6.45) is 5.10. The van der Waals surface area contributed by atoms with Gasteiger partial charge in [0, 0.05) is 5.56 Å². The highest BCUT2D eigenvalue weighted by molar-refractivity contribution is 5.81. The molecule has 4 nitrogen and oxygen atoms in total. The van der Waals surface area contributed by atoms with E-state index in [0.717, 1.165) is 29.0 Å². The number of nitrogens with two attached hydrogens (primary N) is 1. The number of rotatable bonds is 8. The lowest BCUT2D eigenvalue weighted by atomic mass is 10.1. The standard InChI is InChI=1S/C15H22N2O2/c1-4-7-13-9-12(11-17-16)10-14(18-6-3)15(13)19-8-5-2/h4,9-11H,1,5-8,16H2,2-3H3. The fourth-order valence-electron chi connectivity index (χ4n) is 1.78. The minimum atomic E-state index is 0.583. The Morgan fingerprint density at radius 3 is 2.68 bits per heavy atom. The molecule has 2 N–H and O–H groups in total. The number of hydrogen-bond acceptors (Lipinski definition) is 4. The molecule has 0 heterocycles. The van der Waals surface area contributed by atoms with Gasteiger partial charge in [0.25, 0.3) is 0 Å². The molecule has 0 saturated carbocycles. The molecule has 1 aromatic rings. The van der Waals surface area contributed by atoms with Gasteiger partial charge in [-0.15, -0.1) is 6.58 Å². The van der Waals surface area contributed by atoms with Crippen molar-refractivity contribution in [3.63, 3.8) is 0 Å².